The van der Waals surface area contributed by atoms with Gasteiger partial charge in [0.25, 0.3) is 0 Å². The summed E-state index contributed by atoms with van der Waals surface area (Å²) in [5.41, 5.74) is 0.801. The second-order valence-electron chi connectivity index (χ2n) is 7.67. The van der Waals surface area contributed by atoms with E-state index in [1.165, 1.54) is 12.5 Å². The van der Waals surface area contributed by atoms with Crippen LogP contribution in [0.3, 0.4) is 0 Å². The topological polar surface area (TPSA) is 119 Å². The first-order valence-corrected chi connectivity index (χ1v) is 10.5. The van der Waals surface area contributed by atoms with Crippen LogP contribution in [-0.2, 0) is 4.79 Å². The third kappa shape index (κ3) is 3.66. The van der Waals surface area contributed by atoms with Crippen LogP contribution in [0.2, 0.25) is 0 Å². The Hall–Kier alpha value is -3.88. The molecule has 0 bridgehead atoms. The Kier molecular flexibility index (Phi) is 5.22. The first-order chi connectivity index (χ1) is 15.6. The lowest BCUT2D eigenvalue weighted by Crippen LogP contribution is -2.30. The molecule has 1 aliphatic heterocycles. The SMILES string of the molecule is O=C1CC(=NCCCN2CCCC2=O)C(=O)c2nc(-c3ccco3)c(-c3ccco3)nc21. The van der Waals surface area contributed by atoms with Crippen LogP contribution in [0.25, 0.3) is 22.9 Å². The summed E-state index contributed by atoms with van der Waals surface area (Å²) in [5, 5.41) is 0. The van der Waals surface area contributed by atoms with Crippen LogP contribution in [0.15, 0.2) is 50.6 Å². The van der Waals surface area contributed by atoms with Gasteiger partial charge in [0.15, 0.2) is 17.3 Å². The molecule has 0 radical (unpaired) electrons. The highest BCUT2D eigenvalue weighted by Crippen LogP contribution is 2.32. The molecule has 5 rings (SSSR count). The number of likely N-dealkylation sites (tertiary alicyclic amines) is 1. The fraction of sp³-hybridized carbons (Fsp3) is 0.304. The molecule has 0 N–H and O–H groups in total. The smallest absolute Gasteiger partial charge is 0.227 e. The van der Waals surface area contributed by atoms with Gasteiger partial charge in [0.1, 0.15) is 22.8 Å². The van der Waals surface area contributed by atoms with E-state index < -0.39 is 5.78 Å². The van der Waals surface area contributed by atoms with Crippen LogP contribution in [0.1, 0.15) is 46.7 Å². The molecular formula is C23H20N4O5. The minimum atomic E-state index is -0.414. The molecule has 9 heteroatoms. The van der Waals surface area contributed by atoms with Crippen molar-refractivity contribution >= 4 is 23.2 Å². The van der Waals surface area contributed by atoms with Crippen molar-refractivity contribution < 1.29 is 23.2 Å². The van der Waals surface area contributed by atoms with Gasteiger partial charge in [0.05, 0.1) is 24.7 Å². The summed E-state index contributed by atoms with van der Waals surface area (Å²) in [6.45, 7) is 1.73. The number of amides is 1. The summed E-state index contributed by atoms with van der Waals surface area (Å²) in [6, 6.07) is 6.81. The number of ketones is 2. The van der Waals surface area contributed by atoms with Crippen LogP contribution in [-0.4, -0.2) is 57.7 Å². The van der Waals surface area contributed by atoms with E-state index in [2.05, 4.69) is 15.0 Å². The highest BCUT2D eigenvalue weighted by molar-refractivity contribution is 6.52. The van der Waals surface area contributed by atoms with Gasteiger partial charge >= 0.3 is 0 Å². The second kappa shape index (κ2) is 8.33. The Balaban J connectivity index is 1.43. The lowest BCUT2D eigenvalue weighted by molar-refractivity contribution is -0.127. The molecule has 1 fully saturated rings. The Labute approximate surface area is 183 Å². The normalized spacial score (nSPS) is 17.4. The highest BCUT2D eigenvalue weighted by Gasteiger charge is 2.34. The molecule has 4 heterocycles. The van der Waals surface area contributed by atoms with Gasteiger partial charge in [-0.1, -0.05) is 0 Å². The monoisotopic (exact) mass is 432 g/mol. The molecule has 162 valence electrons. The van der Waals surface area contributed by atoms with Gasteiger partial charge < -0.3 is 13.7 Å². The van der Waals surface area contributed by atoms with Crippen LogP contribution in [0.4, 0.5) is 0 Å². The van der Waals surface area contributed by atoms with E-state index in [1.807, 2.05) is 0 Å². The predicted molar refractivity (Wildman–Crippen MR) is 113 cm³/mol. The van der Waals surface area contributed by atoms with Crippen LogP contribution < -0.4 is 0 Å². The van der Waals surface area contributed by atoms with Crippen LogP contribution in [0.5, 0.6) is 0 Å². The Morgan fingerprint density at radius 2 is 1.62 bits per heavy atom. The zero-order chi connectivity index (χ0) is 22.1. The maximum absolute atomic E-state index is 13.1. The first-order valence-electron chi connectivity index (χ1n) is 10.5. The lowest BCUT2D eigenvalue weighted by atomic mass is 9.95. The molecule has 3 aromatic rings. The summed E-state index contributed by atoms with van der Waals surface area (Å²) >= 11 is 0. The molecule has 2 aliphatic rings. The van der Waals surface area contributed by atoms with E-state index in [9.17, 15) is 14.4 Å². The molecule has 0 aromatic carbocycles. The van der Waals surface area contributed by atoms with Crippen molar-refractivity contribution in [2.24, 2.45) is 4.99 Å². The van der Waals surface area contributed by atoms with Gasteiger partial charge in [-0.2, -0.15) is 0 Å². The summed E-state index contributed by atoms with van der Waals surface area (Å²) in [5.74, 6) is 0.250. The molecule has 0 atom stereocenters. The van der Waals surface area contributed by atoms with Gasteiger partial charge in [-0.25, -0.2) is 9.97 Å². The molecule has 1 amide bonds. The molecule has 3 aromatic heterocycles. The van der Waals surface area contributed by atoms with Gasteiger partial charge in [0.2, 0.25) is 11.7 Å². The van der Waals surface area contributed by atoms with Crippen LogP contribution >= 0.6 is 0 Å². The summed E-state index contributed by atoms with van der Waals surface area (Å²) in [7, 11) is 0. The van der Waals surface area contributed by atoms with Crippen molar-refractivity contribution in [2.45, 2.75) is 25.7 Å². The van der Waals surface area contributed by atoms with E-state index in [4.69, 9.17) is 8.83 Å². The summed E-state index contributed by atoms with van der Waals surface area (Å²) < 4.78 is 10.9. The largest absolute Gasteiger partial charge is 0.463 e. The van der Waals surface area contributed by atoms with E-state index in [0.717, 1.165) is 13.0 Å². The number of aliphatic imine (C=N–C) groups is 1. The van der Waals surface area contributed by atoms with E-state index >= 15 is 0 Å². The molecule has 0 spiro atoms. The maximum Gasteiger partial charge on any atom is 0.227 e. The third-order valence-corrected chi connectivity index (χ3v) is 5.53. The lowest BCUT2D eigenvalue weighted by Gasteiger charge is -2.17. The van der Waals surface area contributed by atoms with Gasteiger partial charge in [-0.3, -0.25) is 19.4 Å². The number of nitrogens with zero attached hydrogens (tertiary/aromatic N) is 4. The van der Waals surface area contributed by atoms with Crippen molar-refractivity contribution in [3.63, 3.8) is 0 Å². The molecular weight excluding hydrogens is 412 g/mol. The maximum atomic E-state index is 13.1. The number of hydrogen-bond donors (Lipinski definition) is 0. The van der Waals surface area contributed by atoms with Crippen molar-refractivity contribution in [2.75, 3.05) is 19.6 Å². The van der Waals surface area contributed by atoms with Gasteiger partial charge in [-0.15, -0.1) is 0 Å². The number of carbonyl (C=O) groups excluding carboxylic acids is 3. The summed E-state index contributed by atoms with van der Waals surface area (Å²) in [6.07, 6.45) is 4.97. The highest BCUT2D eigenvalue weighted by atomic mass is 16.3. The Morgan fingerprint density at radius 1 is 0.938 bits per heavy atom. The van der Waals surface area contributed by atoms with E-state index in [-0.39, 0.29) is 35.2 Å². The minimum absolute atomic E-state index is 0.0123. The van der Waals surface area contributed by atoms with E-state index in [0.29, 0.717) is 48.8 Å². The number of hydrogen-bond acceptors (Lipinski definition) is 8. The van der Waals surface area contributed by atoms with Crippen LogP contribution in [0, 0.1) is 0 Å². The van der Waals surface area contributed by atoms with Crippen molar-refractivity contribution in [3.05, 3.63) is 48.2 Å². The molecule has 1 saturated heterocycles. The third-order valence-electron chi connectivity index (χ3n) is 5.53. The van der Waals surface area contributed by atoms with Gasteiger partial charge in [0, 0.05) is 26.1 Å². The zero-order valence-electron chi connectivity index (χ0n) is 17.2. The molecule has 0 saturated carbocycles. The Bertz CT molecular complexity index is 1210. The van der Waals surface area contributed by atoms with Crippen molar-refractivity contribution in [1.29, 1.82) is 0 Å². The number of Topliss-reactive ketones (excluding diaryl/α,β-unsaturated/α-hetero) is 2. The van der Waals surface area contributed by atoms with Crippen molar-refractivity contribution in [3.8, 4) is 22.9 Å². The zero-order valence-corrected chi connectivity index (χ0v) is 17.2. The average molecular weight is 432 g/mol. The van der Waals surface area contributed by atoms with Gasteiger partial charge in [-0.05, 0) is 37.1 Å². The minimum Gasteiger partial charge on any atom is -0.463 e. The first kappa shape index (κ1) is 20.0. The van der Waals surface area contributed by atoms with Crippen molar-refractivity contribution in [1.82, 2.24) is 14.9 Å². The standard InChI is InChI=1S/C23H20N4O5/c28-15-13-14(24-8-4-10-27-9-1-7-18(27)29)23(30)22-19(15)25-20(16-5-2-11-31-16)21(26-22)17-6-3-12-32-17/h2-3,5-6,11-12H,1,4,7-10,13H2. The number of fused-ring (bicyclic) bond motifs is 1. The second-order valence-corrected chi connectivity index (χ2v) is 7.67. The fourth-order valence-electron chi connectivity index (χ4n) is 3.95. The number of carbonyl (C=O) groups is 3. The predicted octanol–water partition coefficient (Wildman–Crippen LogP) is 3.22. The molecule has 32 heavy (non-hydrogen) atoms. The molecule has 1 aliphatic carbocycles. The van der Waals surface area contributed by atoms with E-state index in [1.54, 1.807) is 29.2 Å². The summed E-state index contributed by atoms with van der Waals surface area (Å²) in [4.78, 5) is 52.7. The fourth-order valence-corrected chi connectivity index (χ4v) is 3.95. The number of aromatic nitrogens is 2. The average Bonchev–Trinajstić information content (AvgIpc) is 3.57. The number of rotatable bonds is 6. The Morgan fingerprint density at radius 3 is 2.22 bits per heavy atom. The number of furan rings is 2. The molecule has 0 unspecified atom stereocenters. The quantitative estimate of drug-likeness (QED) is 0.549. The molecule has 9 nitrogen and oxygen atoms in total.